The molecule has 1 amide bonds. The maximum atomic E-state index is 13.0. The van der Waals surface area contributed by atoms with Gasteiger partial charge < -0.3 is 15.1 Å². The van der Waals surface area contributed by atoms with Gasteiger partial charge in [0.05, 0.1) is 11.0 Å². The van der Waals surface area contributed by atoms with E-state index in [4.69, 9.17) is 0 Å². The van der Waals surface area contributed by atoms with Crippen molar-refractivity contribution in [2.45, 2.75) is 69.8 Å². The van der Waals surface area contributed by atoms with Crippen LogP contribution >= 0.6 is 0 Å². The average molecular weight is 385 g/mol. The molecule has 1 aliphatic carbocycles. The number of rotatable bonds is 4. The summed E-state index contributed by atoms with van der Waals surface area (Å²) < 4.78 is 37.9. The average Bonchev–Trinajstić information content (AvgIpc) is 2.94. The summed E-state index contributed by atoms with van der Waals surface area (Å²) in [4.78, 5) is 14.7. The summed E-state index contributed by atoms with van der Waals surface area (Å²) >= 11 is 0. The van der Waals surface area contributed by atoms with Crippen molar-refractivity contribution in [2.24, 2.45) is 5.41 Å². The fraction of sp³-hybridized carbons (Fsp3) is 0.650. The highest BCUT2D eigenvalue weighted by atomic mass is 19.4. The molecular weight excluding hydrogens is 359 g/mol. The molecule has 7 heteroatoms. The molecule has 2 N–H and O–H groups in total. The summed E-state index contributed by atoms with van der Waals surface area (Å²) in [5.74, 6) is -0.00910. The van der Waals surface area contributed by atoms with Gasteiger partial charge in [-0.3, -0.25) is 4.79 Å². The minimum atomic E-state index is -4.72. The number of benzene rings is 1. The largest absolute Gasteiger partial charge is 0.418 e. The molecule has 2 fully saturated rings. The van der Waals surface area contributed by atoms with Crippen LogP contribution in [-0.4, -0.2) is 34.4 Å². The zero-order valence-electron chi connectivity index (χ0n) is 15.4. The smallest absolute Gasteiger partial charge is 0.390 e. The Hall–Kier alpha value is -1.60. The first-order chi connectivity index (χ1) is 12.6. The Labute approximate surface area is 157 Å². The van der Waals surface area contributed by atoms with Gasteiger partial charge in [0.2, 0.25) is 5.91 Å². The van der Waals surface area contributed by atoms with Gasteiger partial charge in [0.15, 0.2) is 6.10 Å². The zero-order chi connectivity index (χ0) is 19.9. The number of carbonyl (C=O) groups excluding carboxylic acids is 1. The van der Waals surface area contributed by atoms with Crippen LogP contribution in [0.25, 0.3) is 0 Å². The van der Waals surface area contributed by atoms with Crippen LogP contribution < -0.4 is 4.90 Å². The third-order valence-corrected chi connectivity index (χ3v) is 6.20. The van der Waals surface area contributed by atoms with Crippen LogP contribution in [0.5, 0.6) is 0 Å². The van der Waals surface area contributed by atoms with Crippen molar-refractivity contribution in [3.05, 3.63) is 29.8 Å². The molecule has 2 aliphatic rings. The molecule has 1 heterocycles. The Kier molecular flexibility index (Phi) is 5.29. The highest BCUT2D eigenvalue weighted by molar-refractivity contribution is 6.00. The van der Waals surface area contributed by atoms with Crippen molar-refractivity contribution in [2.75, 3.05) is 11.4 Å². The van der Waals surface area contributed by atoms with Crippen molar-refractivity contribution >= 4 is 11.6 Å². The zero-order valence-corrected chi connectivity index (χ0v) is 15.4. The van der Waals surface area contributed by atoms with Gasteiger partial charge in [-0.05, 0) is 56.2 Å². The number of nitrogens with zero attached hydrogens (tertiary/aromatic N) is 1. The number of alkyl halides is 3. The van der Waals surface area contributed by atoms with Gasteiger partial charge >= 0.3 is 6.18 Å². The molecule has 1 saturated heterocycles. The van der Waals surface area contributed by atoms with Gasteiger partial charge in [0.1, 0.15) is 0 Å². The molecular formula is C20H26F3NO3. The van der Waals surface area contributed by atoms with E-state index in [2.05, 4.69) is 0 Å². The molecule has 1 aromatic carbocycles. The second-order valence-corrected chi connectivity index (χ2v) is 8.00. The van der Waals surface area contributed by atoms with Gasteiger partial charge in [-0.15, -0.1) is 0 Å². The number of hydrogen-bond acceptors (Lipinski definition) is 3. The highest BCUT2D eigenvalue weighted by Gasteiger charge is 2.51. The van der Waals surface area contributed by atoms with Gasteiger partial charge in [0, 0.05) is 12.2 Å². The molecule has 1 saturated carbocycles. The van der Waals surface area contributed by atoms with Crippen LogP contribution in [-0.2, 0) is 4.79 Å². The molecule has 150 valence electrons. The molecule has 0 aromatic heterocycles. The van der Waals surface area contributed by atoms with E-state index >= 15 is 0 Å². The van der Waals surface area contributed by atoms with E-state index in [0.717, 1.165) is 12.8 Å². The lowest BCUT2D eigenvalue weighted by Gasteiger charge is -2.41. The number of halogens is 3. The van der Waals surface area contributed by atoms with Crippen molar-refractivity contribution < 1.29 is 28.2 Å². The van der Waals surface area contributed by atoms with E-state index in [0.29, 0.717) is 44.3 Å². The van der Waals surface area contributed by atoms with Crippen LogP contribution in [0.2, 0.25) is 0 Å². The van der Waals surface area contributed by atoms with Crippen LogP contribution in [0, 0.1) is 5.41 Å². The number of aliphatic hydroxyl groups is 2. The second-order valence-electron chi connectivity index (χ2n) is 8.00. The summed E-state index contributed by atoms with van der Waals surface area (Å²) in [5.41, 5.74) is -0.841. The van der Waals surface area contributed by atoms with Crippen molar-refractivity contribution in [3.8, 4) is 0 Å². The lowest BCUT2D eigenvalue weighted by molar-refractivity contribution is -0.206. The van der Waals surface area contributed by atoms with Gasteiger partial charge in [-0.25, -0.2) is 0 Å². The maximum Gasteiger partial charge on any atom is 0.418 e. The van der Waals surface area contributed by atoms with E-state index in [1.165, 1.54) is 24.3 Å². The molecule has 0 radical (unpaired) electrons. The quantitative estimate of drug-likeness (QED) is 0.820. The number of carbonyl (C=O) groups is 1. The molecule has 1 aromatic rings. The van der Waals surface area contributed by atoms with Crippen LogP contribution in [0.15, 0.2) is 24.3 Å². The molecule has 1 spiro atoms. The second kappa shape index (κ2) is 7.09. The van der Waals surface area contributed by atoms with Crippen molar-refractivity contribution in [1.82, 2.24) is 0 Å². The summed E-state index contributed by atoms with van der Waals surface area (Å²) in [6.07, 6.45) is -2.40. The first-order valence-corrected chi connectivity index (χ1v) is 9.49. The van der Waals surface area contributed by atoms with Gasteiger partial charge in [-0.1, -0.05) is 25.5 Å². The van der Waals surface area contributed by atoms with E-state index in [1.807, 2.05) is 6.92 Å². The van der Waals surface area contributed by atoms with Crippen LogP contribution in [0.1, 0.15) is 63.5 Å². The normalized spacial score (nSPS) is 30.1. The Bertz CT molecular complexity index is 679. The molecule has 27 heavy (non-hydrogen) atoms. The predicted octanol–water partition coefficient (Wildman–Crippen LogP) is 4.11. The number of aliphatic hydroxyl groups excluding tert-OH is 1. The van der Waals surface area contributed by atoms with Crippen molar-refractivity contribution in [1.29, 1.82) is 0 Å². The molecule has 1 aliphatic heterocycles. The molecule has 4 nitrogen and oxygen atoms in total. The topological polar surface area (TPSA) is 60.8 Å². The monoisotopic (exact) mass is 385 g/mol. The first kappa shape index (κ1) is 20.1. The standard InChI is InChI=1S/C20H26F3NO3/c1-2-7-19(27)10-8-18(9-11-19)12-13-24(17(18)26)15-5-3-14(4-6-15)16(25)20(21,22)23/h3-6,16,25,27H,2,7-13H2,1H3/t16?,18-,19-. The fourth-order valence-electron chi connectivity index (χ4n) is 4.47. The van der Waals surface area contributed by atoms with Crippen molar-refractivity contribution in [3.63, 3.8) is 0 Å². The predicted molar refractivity (Wildman–Crippen MR) is 95.2 cm³/mol. The number of anilines is 1. The summed E-state index contributed by atoms with van der Waals surface area (Å²) in [7, 11) is 0. The Balaban J connectivity index is 1.71. The Morgan fingerprint density at radius 3 is 2.22 bits per heavy atom. The van der Waals surface area contributed by atoms with Gasteiger partial charge in [0.25, 0.3) is 0 Å². The summed E-state index contributed by atoms with van der Waals surface area (Å²) in [6.45, 7) is 2.55. The third kappa shape index (κ3) is 3.85. The minimum absolute atomic E-state index is 0.00910. The minimum Gasteiger partial charge on any atom is -0.390 e. The molecule has 0 bridgehead atoms. The fourth-order valence-corrected chi connectivity index (χ4v) is 4.47. The first-order valence-electron chi connectivity index (χ1n) is 9.49. The van der Waals surface area contributed by atoms with E-state index in [-0.39, 0.29) is 11.5 Å². The van der Waals surface area contributed by atoms with E-state index in [9.17, 15) is 28.2 Å². The van der Waals surface area contributed by atoms with Crippen LogP contribution in [0.4, 0.5) is 18.9 Å². The van der Waals surface area contributed by atoms with Gasteiger partial charge in [-0.2, -0.15) is 13.2 Å². The summed E-state index contributed by atoms with van der Waals surface area (Å²) in [5, 5.41) is 19.9. The SMILES string of the molecule is CCC[C@]1(O)CC[C@@]2(CCN(c3ccc(C(O)C(F)(F)F)cc3)C2=O)CC1. The molecule has 1 unspecified atom stereocenters. The lowest BCUT2D eigenvalue weighted by Crippen LogP contribution is -2.43. The van der Waals surface area contributed by atoms with E-state index < -0.39 is 23.3 Å². The highest BCUT2D eigenvalue weighted by Crippen LogP contribution is 2.49. The number of hydrogen-bond donors (Lipinski definition) is 2. The Morgan fingerprint density at radius 1 is 1.11 bits per heavy atom. The number of amides is 1. The third-order valence-electron chi connectivity index (χ3n) is 6.20. The Morgan fingerprint density at radius 2 is 1.70 bits per heavy atom. The lowest BCUT2D eigenvalue weighted by atomic mass is 9.67. The van der Waals surface area contributed by atoms with E-state index in [1.54, 1.807) is 4.90 Å². The maximum absolute atomic E-state index is 13.0. The summed E-state index contributed by atoms with van der Waals surface area (Å²) in [6, 6.07) is 5.34. The molecule has 3 rings (SSSR count). The molecule has 1 atom stereocenters. The van der Waals surface area contributed by atoms with Crippen LogP contribution in [0.3, 0.4) is 0 Å².